The molecule has 0 bridgehead atoms. The van der Waals surface area contributed by atoms with Gasteiger partial charge < -0.3 is 4.42 Å². The van der Waals surface area contributed by atoms with Crippen LogP contribution >= 0.6 is 11.8 Å². The van der Waals surface area contributed by atoms with Crippen LogP contribution in [-0.2, 0) is 4.79 Å². The van der Waals surface area contributed by atoms with Crippen molar-refractivity contribution in [2.75, 3.05) is 0 Å². The number of nitrogens with zero attached hydrogens (tertiary/aromatic N) is 2. The number of benzene rings is 2. The average molecular weight is 361 g/mol. The number of furan rings is 1. The molecule has 1 amide bonds. The fourth-order valence-corrected chi connectivity index (χ4v) is 3.45. The summed E-state index contributed by atoms with van der Waals surface area (Å²) in [6.45, 7) is 1.91. The van der Waals surface area contributed by atoms with Crippen LogP contribution in [0.5, 0.6) is 0 Å². The van der Waals surface area contributed by atoms with Gasteiger partial charge in [0, 0.05) is 11.6 Å². The van der Waals surface area contributed by atoms with Crippen molar-refractivity contribution >= 4 is 45.4 Å². The highest BCUT2D eigenvalue weighted by molar-refractivity contribution is 8.18. The van der Waals surface area contributed by atoms with Gasteiger partial charge in [-0.25, -0.2) is 0 Å². The maximum atomic E-state index is 12.0. The Hall–Kier alpha value is -3.12. The summed E-state index contributed by atoms with van der Waals surface area (Å²) in [5.74, 6) is 0.419. The van der Waals surface area contributed by atoms with Gasteiger partial charge in [-0.3, -0.25) is 10.1 Å². The van der Waals surface area contributed by atoms with E-state index in [-0.39, 0.29) is 5.91 Å². The van der Waals surface area contributed by atoms with Crippen molar-refractivity contribution in [3.63, 3.8) is 0 Å². The molecule has 4 rings (SSSR count). The molecule has 26 heavy (non-hydrogen) atoms. The SMILES string of the molecule is C/C(=N/N=C1\NC(=O)/C(=C\c2ccco2)S1)c1cccc2ccccc12. The second-order valence-electron chi connectivity index (χ2n) is 5.70. The molecule has 5 nitrogen and oxygen atoms in total. The first-order valence-electron chi connectivity index (χ1n) is 8.05. The molecule has 2 aromatic carbocycles. The Labute approximate surface area is 154 Å². The average Bonchev–Trinajstić information content (AvgIpc) is 3.29. The van der Waals surface area contributed by atoms with Crippen LogP contribution in [0.4, 0.5) is 0 Å². The van der Waals surface area contributed by atoms with Crippen LogP contribution in [0, 0.1) is 0 Å². The van der Waals surface area contributed by atoms with E-state index >= 15 is 0 Å². The van der Waals surface area contributed by atoms with Gasteiger partial charge in [-0.05, 0) is 41.6 Å². The molecule has 0 unspecified atom stereocenters. The highest BCUT2D eigenvalue weighted by Crippen LogP contribution is 2.26. The number of hydrogen-bond acceptors (Lipinski definition) is 5. The number of fused-ring (bicyclic) bond motifs is 1. The van der Waals surface area contributed by atoms with Crippen molar-refractivity contribution in [2.24, 2.45) is 10.2 Å². The fraction of sp³-hybridized carbons (Fsp3) is 0.0500. The van der Waals surface area contributed by atoms with Gasteiger partial charge in [0.1, 0.15) is 5.76 Å². The zero-order chi connectivity index (χ0) is 17.9. The van der Waals surface area contributed by atoms with Gasteiger partial charge in [0.15, 0.2) is 5.17 Å². The molecule has 0 saturated carbocycles. The number of amides is 1. The first-order chi connectivity index (χ1) is 12.7. The smallest absolute Gasteiger partial charge is 0.264 e. The maximum absolute atomic E-state index is 12.0. The summed E-state index contributed by atoms with van der Waals surface area (Å²) >= 11 is 1.24. The van der Waals surface area contributed by atoms with E-state index in [4.69, 9.17) is 4.42 Å². The summed E-state index contributed by atoms with van der Waals surface area (Å²) in [4.78, 5) is 12.6. The van der Waals surface area contributed by atoms with E-state index in [0.29, 0.717) is 15.8 Å². The summed E-state index contributed by atoms with van der Waals surface area (Å²) in [5.41, 5.74) is 1.81. The monoisotopic (exact) mass is 361 g/mol. The standard InChI is InChI=1S/C20H15N3O2S/c1-13(16-10-4-7-14-6-2-3-9-17(14)16)22-23-20-21-19(24)18(26-20)12-15-8-5-11-25-15/h2-12H,1H3,(H,21,23,24)/b18-12+,22-13-. The Morgan fingerprint density at radius 2 is 1.96 bits per heavy atom. The van der Waals surface area contributed by atoms with E-state index in [1.54, 1.807) is 24.5 Å². The zero-order valence-corrected chi connectivity index (χ0v) is 14.8. The van der Waals surface area contributed by atoms with E-state index in [0.717, 1.165) is 22.0 Å². The lowest BCUT2D eigenvalue weighted by atomic mass is 10.0. The second kappa shape index (κ2) is 7.01. The molecule has 1 fully saturated rings. The van der Waals surface area contributed by atoms with Gasteiger partial charge in [0.25, 0.3) is 5.91 Å². The second-order valence-corrected chi connectivity index (χ2v) is 6.73. The van der Waals surface area contributed by atoms with Gasteiger partial charge in [0.05, 0.1) is 16.9 Å². The van der Waals surface area contributed by atoms with Crippen LogP contribution in [0.25, 0.3) is 16.8 Å². The van der Waals surface area contributed by atoms with E-state index in [1.165, 1.54) is 11.8 Å². The number of carbonyl (C=O) groups excluding carboxylic acids is 1. The van der Waals surface area contributed by atoms with E-state index in [1.807, 2.05) is 31.2 Å². The highest BCUT2D eigenvalue weighted by atomic mass is 32.2. The molecular weight excluding hydrogens is 346 g/mol. The quantitative estimate of drug-likeness (QED) is 0.427. The lowest BCUT2D eigenvalue weighted by Gasteiger charge is -2.04. The molecule has 0 radical (unpaired) electrons. The van der Waals surface area contributed by atoms with Crippen LogP contribution in [0.1, 0.15) is 18.2 Å². The van der Waals surface area contributed by atoms with Crippen LogP contribution in [-0.4, -0.2) is 16.8 Å². The molecule has 1 saturated heterocycles. The molecule has 1 aromatic heterocycles. The molecule has 3 aromatic rings. The van der Waals surface area contributed by atoms with Gasteiger partial charge in [-0.1, -0.05) is 42.5 Å². The van der Waals surface area contributed by atoms with E-state index in [9.17, 15) is 4.79 Å². The molecule has 1 aliphatic heterocycles. The summed E-state index contributed by atoms with van der Waals surface area (Å²) in [6, 6.07) is 17.8. The highest BCUT2D eigenvalue weighted by Gasteiger charge is 2.24. The molecule has 128 valence electrons. The Morgan fingerprint density at radius 3 is 2.81 bits per heavy atom. The van der Waals surface area contributed by atoms with Crippen molar-refractivity contribution in [1.29, 1.82) is 0 Å². The molecular formula is C20H15N3O2S. The topological polar surface area (TPSA) is 67.0 Å². The van der Waals surface area contributed by atoms with Gasteiger partial charge in [-0.2, -0.15) is 5.10 Å². The van der Waals surface area contributed by atoms with Crippen molar-refractivity contribution < 1.29 is 9.21 Å². The van der Waals surface area contributed by atoms with Gasteiger partial charge >= 0.3 is 0 Å². The Balaban J connectivity index is 1.60. The minimum atomic E-state index is -0.205. The van der Waals surface area contributed by atoms with Crippen molar-refractivity contribution in [2.45, 2.75) is 6.92 Å². The molecule has 0 spiro atoms. The third-order valence-corrected chi connectivity index (χ3v) is 4.84. The van der Waals surface area contributed by atoms with Crippen LogP contribution in [0.2, 0.25) is 0 Å². The number of carbonyl (C=O) groups is 1. The number of thioether (sulfide) groups is 1. The molecule has 1 N–H and O–H groups in total. The predicted octanol–water partition coefficient (Wildman–Crippen LogP) is 4.42. The first-order valence-corrected chi connectivity index (χ1v) is 8.87. The third kappa shape index (κ3) is 3.32. The summed E-state index contributed by atoms with van der Waals surface area (Å²) in [7, 11) is 0. The molecule has 0 aliphatic carbocycles. The van der Waals surface area contributed by atoms with Crippen molar-refractivity contribution in [1.82, 2.24) is 5.32 Å². The van der Waals surface area contributed by atoms with E-state index in [2.05, 4.69) is 33.7 Å². The summed E-state index contributed by atoms with van der Waals surface area (Å²) in [5, 5.41) is 14.0. The number of nitrogens with one attached hydrogen (secondary N) is 1. The van der Waals surface area contributed by atoms with Crippen molar-refractivity contribution in [3.8, 4) is 0 Å². The number of amidine groups is 1. The lowest BCUT2D eigenvalue weighted by Crippen LogP contribution is -2.19. The Bertz CT molecular complexity index is 1060. The molecule has 0 atom stereocenters. The van der Waals surface area contributed by atoms with Crippen molar-refractivity contribution in [3.05, 3.63) is 77.1 Å². The normalized spacial score (nSPS) is 18.0. The third-order valence-electron chi connectivity index (χ3n) is 3.94. The summed E-state index contributed by atoms with van der Waals surface area (Å²) in [6.07, 6.45) is 3.25. The molecule has 1 aliphatic rings. The maximum Gasteiger partial charge on any atom is 0.264 e. The van der Waals surface area contributed by atoms with Crippen LogP contribution in [0.3, 0.4) is 0 Å². The van der Waals surface area contributed by atoms with Gasteiger partial charge in [0.2, 0.25) is 0 Å². The summed E-state index contributed by atoms with van der Waals surface area (Å²) < 4.78 is 5.24. The Morgan fingerprint density at radius 1 is 1.12 bits per heavy atom. The minimum Gasteiger partial charge on any atom is -0.465 e. The Kier molecular flexibility index (Phi) is 4.41. The molecule has 2 heterocycles. The predicted molar refractivity (Wildman–Crippen MR) is 106 cm³/mol. The zero-order valence-electron chi connectivity index (χ0n) is 14.0. The largest absolute Gasteiger partial charge is 0.465 e. The number of hydrogen-bond donors (Lipinski definition) is 1. The lowest BCUT2D eigenvalue weighted by molar-refractivity contribution is -0.115. The molecule has 6 heteroatoms. The van der Waals surface area contributed by atoms with Crippen LogP contribution < -0.4 is 5.32 Å². The van der Waals surface area contributed by atoms with E-state index < -0.39 is 0 Å². The first kappa shape index (κ1) is 16.4. The van der Waals surface area contributed by atoms with Crippen LogP contribution in [0.15, 0.2) is 80.4 Å². The fourth-order valence-electron chi connectivity index (χ4n) is 2.69. The number of rotatable bonds is 3. The van der Waals surface area contributed by atoms with Gasteiger partial charge in [-0.15, -0.1) is 5.10 Å². The minimum absolute atomic E-state index is 0.205.